The molecule has 0 aromatic heterocycles. The fourth-order valence-corrected chi connectivity index (χ4v) is 3.24. The Morgan fingerprint density at radius 3 is 2.52 bits per heavy atom. The first-order valence-electron chi connectivity index (χ1n) is 7.56. The van der Waals surface area contributed by atoms with Crippen molar-refractivity contribution in [2.24, 2.45) is 0 Å². The van der Waals surface area contributed by atoms with Crippen LogP contribution in [-0.2, 0) is 14.6 Å². The first kappa shape index (κ1) is 18.7. The van der Waals surface area contributed by atoms with E-state index in [0.717, 1.165) is 11.6 Å². The summed E-state index contributed by atoms with van der Waals surface area (Å²) < 4.78 is 24.2. The Morgan fingerprint density at radius 2 is 1.92 bits per heavy atom. The second kappa shape index (κ2) is 6.72. The number of nitrogens with two attached hydrogens (primary N) is 1. The van der Waals surface area contributed by atoms with Gasteiger partial charge >= 0.3 is 5.97 Å². The van der Waals surface area contributed by atoms with Crippen LogP contribution in [-0.4, -0.2) is 36.5 Å². The van der Waals surface area contributed by atoms with Gasteiger partial charge in [0.2, 0.25) is 0 Å². The van der Waals surface area contributed by atoms with E-state index < -0.39 is 26.6 Å². The van der Waals surface area contributed by atoms with Crippen molar-refractivity contribution in [2.75, 3.05) is 12.0 Å². The molecule has 0 fully saturated rings. The molecule has 25 heavy (non-hydrogen) atoms. The SMILES string of the molecule is C[C@](CCC(=O)O)(NC(=O)c1cccc2cc(N)ccc12)S(C)(=O)=O. The number of amides is 1. The van der Waals surface area contributed by atoms with Gasteiger partial charge in [-0.1, -0.05) is 18.2 Å². The van der Waals surface area contributed by atoms with Gasteiger partial charge in [-0.15, -0.1) is 0 Å². The van der Waals surface area contributed by atoms with Gasteiger partial charge in [-0.3, -0.25) is 9.59 Å². The molecule has 0 bridgehead atoms. The minimum atomic E-state index is -3.74. The molecular weight excluding hydrogens is 344 g/mol. The number of benzene rings is 2. The Labute approximate surface area is 145 Å². The molecule has 1 amide bonds. The molecule has 134 valence electrons. The number of rotatable bonds is 6. The zero-order valence-corrected chi connectivity index (χ0v) is 14.8. The summed E-state index contributed by atoms with van der Waals surface area (Å²) in [5, 5.41) is 12.7. The summed E-state index contributed by atoms with van der Waals surface area (Å²) in [5.74, 6) is -1.72. The summed E-state index contributed by atoms with van der Waals surface area (Å²) in [4.78, 5) is 21.8. The van der Waals surface area contributed by atoms with E-state index in [0.29, 0.717) is 16.6 Å². The fraction of sp³-hybridized carbons (Fsp3) is 0.294. The quantitative estimate of drug-likeness (QED) is 0.671. The largest absolute Gasteiger partial charge is 0.481 e. The average molecular weight is 364 g/mol. The molecule has 0 saturated carbocycles. The highest BCUT2D eigenvalue weighted by atomic mass is 32.2. The Morgan fingerprint density at radius 1 is 1.24 bits per heavy atom. The highest BCUT2D eigenvalue weighted by molar-refractivity contribution is 7.92. The van der Waals surface area contributed by atoms with Crippen LogP contribution in [0.1, 0.15) is 30.1 Å². The van der Waals surface area contributed by atoms with Crippen molar-refractivity contribution in [3.8, 4) is 0 Å². The molecular formula is C17H20N2O5S. The van der Waals surface area contributed by atoms with Crippen LogP contribution in [0.4, 0.5) is 5.69 Å². The number of sulfone groups is 1. The van der Waals surface area contributed by atoms with Crippen LogP contribution >= 0.6 is 0 Å². The normalized spacial score (nSPS) is 14.0. The van der Waals surface area contributed by atoms with Gasteiger partial charge in [0.25, 0.3) is 5.91 Å². The van der Waals surface area contributed by atoms with Crippen molar-refractivity contribution < 1.29 is 23.1 Å². The number of fused-ring (bicyclic) bond motifs is 1. The number of aliphatic carboxylic acids is 1. The standard InChI is InChI=1S/C17H20N2O5S/c1-17(25(2,23)24,9-8-15(20)21)19-16(22)14-5-3-4-11-10-12(18)6-7-13(11)14/h3-7,10H,8-9,18H2,1-2H3,(H,19,22)(H,20,21)/t17-/m0/s1. The van der Waals surface area contributed by atoms with Gasteiger partial charge in [-0.05, 0) is 42.3 Å². The van der Waals surface area contributed by atoms with E-state index in [9.17, 15) is 18.0 Å². The van der Waals surface area contributed by atoms with Crippen molar-refractivity contribution in [3.05, 3.63) is 42.0 Å². The van der Waals surface area contributed by atoms with E-state index >= 15 is 0 Å². The predicted octanol–water partition coefficient (Wildman–Crippen LogP) is 1.78. The van der Waals surface area contributed by atoms with Gasteiger partial charge < -0.3 is 16.2 Å². The van der Waals surface area contributed by atoms with Crippen LogP contribution < -0.4 is 11.1 Å². The van der Waals surface area contributed by atoms with Crippen LogP contribution in [0.2, 0.25) is 0 Å². The minimum Gasteiger partial charge on any atom is -0.481 e. The molecule has 0 aliphatic rings. The molecule has 0 spiro atoms. The predicted molar refractivity (Wildman–Crippen MR) is 95.9 cm³/mol. The molecule has 2 rings (SSSR count). The Bertz CT molecular complexity index is 939. The number of carbonyl (C=O) groups excluding carboxylic acids is 1. The maximum Gasteiger partial charge on any atom is 0.303 e. The molecule has 0 heterocycles. The lowest BCUT2D eigenvalue weighted by Gasteiger charge is -2.28. The monoisotopic (exact) mass is 364 g/mol. The number of anilines is 1. The van der Waals surface area contributed by atoms with Gasteiger partial charge in [0.1, 0.15) is 4.87 Å². The lowest BCUT2D eigenvalue weighted by atomic mass is 10.0. The third-order valence-electron chi connectivity index (χ3n) is 4.16. The zero-order chi connectivity index (χ0) is 18.8. The second-order valence-electron chi connectivity index (χ2n) is 6.14. The van der Waals surface area contributed by atoms with Crippen molar-refractivity contribution in [2.45, 2.75) is 24.6 Å². The summed E-state index contributed by atoms with van der Waals surface area (Å²) >= 11 is 0. The topological polar surface area (TPSA) is 127 Å². The summed E-state index contributed by atoms with van der Waals surface area (Å²) in [6.07, 6.45) is 0.361. The van der Waals surface area contributed by atoms with Crippen LogP contribution in [0.25, 0.3) is 10.8 Å². The maximum absolute atomic E-state index is 12.7. The molecule has 7 nitrogen and oxygen atoms in total. The van der Waals surface area contributed by atoms with Crippen molar-refractivity contribution in [1.82, 2.24) is 5.32 Å². The molecule has 0 unspecified atom stereocenters. The lowest BCUT2D eigenvalue weighted by Crippen LogP contribution is -2.51. The lowest BCUT2D eigenvalue weighted by molar-refractivity contribution is -0.137. The van der Waals surface area contributed by atoms with Gasteiger partial charge in [0, 0.05) is 23.9 Å². The van der Waals surface area contributed by atoms with Crippen LogP contribution in [0.5, 0.6) is 0 Å². The summed E-state index contributed by atoms with van der Waals surface area (Å²) in [6, 6.07) is 10.1. The second-order valence-corrected chi connectivity index (χ2v) is 8.58. The first-order valence-corrected chi connectivity index (χ1v) is 9.45. The first-order chi connectivity index (χ1) is 11.5. The third kappa shape index (κ3) is 4.08. The van der Waals surface area contributed by atoms with Crippen molar-refractivity contribution in [1.29, 1.82) is 0 Å². The number of nitrogens with one attached hydrogen (secondary N) is 1. The number of hydrogen-bond donors (Lipinski definition) is 3. The highest BCUT2D eigenvalue weighted by Gasteiger charge is 2.38. The van der Waals surface area contributed by atoms with E-state index in [1.54, 1.807) is 36.4 Å². The van der Waals surface area contributed by atoms with E-state index in [-0.39, 0.29) is 12.8 Å². The molecule has 0 aliphatic heterocycles. The van der Waals surface area contributed by atoms with E-state index in [4.69, 9.17) is 10.8 Å². The van der Waals surface area contributed by atoms with Gasteiger partial charge in [0.15, 0.2) is 9.84 Å². The molecule has 8 heteroatoms. The van der Waals surface area contributed by atoms with E-state index in [2.05, 4.69) is 5.32 Å². The molecule has 0 radical (unpaired) electrons. The van der Waals surface area contributed by atoms with E-state index in [1.165, 1.54) is 6.92 Å². The minimum absolute atomic E-state index is 0.232. The molecule has 2 aromatic rings. The summed E-state index contributed by atoms with van der Waals surface area (Å²) in [6.45, 7) is 1.31. The van der Waals surface area contributed by atoms with E-state index in [1.807, 2.05) is 0 Å². The Kier molecular flexibility index (Phi) is 5.03. The highest BCUT2D eigenvalue weighted by Crippen LogP contribution is 2.24. The number of carboxylic acid groups (broad SMARTS) is 1. The molecule has 2 aromatic carbocycles. The molecule has 4 N–H and O–H groups in total. The fourth-order valence-electron chi connectivity index (χ4n) is 2.49. The summed E-state index contributed by atoms with van der Waals surface area (Å²) in [5.41, 5.74) is 6.58. The molecule has 1 atom stereocenters. The number of carbonyl (C=O) groups is 2. The van der Waals surface area contributed by atoms with Crippen molar-refractivity contribution >= 4 is 38.2 Å². The van der Waals surface area contributed by atoms with Gasteiger partial charge in [-0.2, -0.15) is 0 Å². The van der Waals surface area contributed by atoms with Crippen LogP contribution in [0.3, 0.4) is 0 Å². The third-order valence-corrected chi connectivity index (χ3v) is 6.10. The molecule has 0 saturated heterocycles. The van der Waals surface area contributed by atoms with Gasteiger partial charge in [0.05, 0.1) is 0 Å². The average Bonchev–Trinajstić information content (AvgIpc) is 2.50. The number of hydrogen-bond acceptors (Lipinski definition) is 5. The Hall–Kier alpha value is -2.61. The Balaban J connectivity index is 2.41. The smallest absolute Gasteiger partial charge is 0.303 e. The molecule has 0 aliphatic carbocycles. The van der Waals surface area contributed by atoms with Crippen molar-refractivity contribution in [3.63, 3.8) is 0 Å². The van der Waals surface area contributed by atoms with Crippen LogP contribution in [0.15, 0.2) is 36.4 Å². The van der Waals surface area contributed by atoms with Gasteiger partial charge in [-0.25, -0.2) is 8.42 Å². The van der Waals surface area contributed by atoms with Crippen LogP contribution in [0, 0.1) is 0 Å². The summed E-state index contributed by atoms with van der Waals surface area (Å²) in [7, 11) is -3.74. The maximum atomic E-state index is 12.7. The zero-order valence-electron chi connectivity index (χ0n) is 13.9. The number of carboxylic acids is 1. The number of nitrogen functional groups attached to an aromatic ring is 1.